The lowest BCUT2D eigenvalue weighted by molar-refractivity contribution is 0.754. The highest BCUT2D eigenvalue weighted by molar-refractivity contribution is 6.14. The molecule has 1 spiro atoms. The lowest BCUT2D eigenvalue weighted by atomic mass is 9.64. The summed E-state index contributed by atoms with van der Waals surface area (Å²) in [5.41, 5.74) is 20.5. The van der Waals surface area contributed by atoms with Crippen molar-refractivity contribution in [2.75, 3.05) is 4.90 Å². The maximum absolute atomic E-state index is 5.40. The third kappa shape index (κ3) is 6.13. The number of para-hydroxylation sites is 4. The topological polar surface area (TPSA) is 41.9 Å². The zero-order valence-electron chi connectivity index (χ0n) is 38.0. The fourth-order valence-corrected chi connectivity index (χ4v) is 11.3. The fourth-order valence-electron chi connectivity index (χ4n) is 11.3. The van der Waals surface area contributed by atoms with Crippen LogP contribution in [0.2, 0.25) is 0 Å². The first-order chi connectivity index (χ1) is 34.7. The third-order valence-corrected chi connectivity index (χ3v) is 14.5. The molecular weight excluding hydrogens is 849 g/mol. The van der Waals surface area contributed by atoms with Crippen molar-refractivity contribution in [3.8, 4) is 67.4 Å². The van der Waals surface area contributed by atoms with Crippen LogP contribution in [0.1, 0.15) is 22.3 Å². The minimum Gasteiger partial charge on any atom is -0.310 e. The van der Waals surface area contributed by atoms with Gasteiger partial charge < -0.3 is 4.90 Å². The molecule has 10 aromatic carbocycles. The Hall–Kier alpha value is -9.25. The Morgan fingerprint density at radius 3 is 1.49 bits per heavy atom. The molecule has 2 aromatic heterocycles. The molecule has 0 saturated heterocycles. The summed E-state index contributed by atoms with van der Waals surface area (Å²) in [5, 5.41) is 3.48. The number of hydrogen-bond acceptors (Lipinski definition) is 4. The predicted octanol–water partition coefficient (Wildman–Crippen LogP) is 16.7. The van der Waals surface area contributed by atoms with E-state index in [4.69, 9.17) is 15.0 Å². The molecule has 0 amide bonds. The van der Waals surface area contributed by atoms with Crippen LogP contribution in [0.25, 0.3) is 89.1 Å². The summed E-state index contributed by atoms with van der Waals surface area (Å²) in [5.74, 6) is 0.705. The van der Waals surface area contributed by atoms with Crippen LogP contribution in [0, 0.1) is 0 Å². The van der Waals surface area contributed by atoms with E-state index in [1.54, 1.807) is 0 Å². The van der Waals surface area contributed by atoms with Crippen LogP contribution in [0.5, 0.6) is 0 Å². The van der Waals surface area contributed by atoms with Gasteiger partial charge in [0.1, 0.15) is 0 Å². The van der Waals surface area contributed by atoms with E-state index in [9.17, 15) is 0 Å². The Balaban J connectivity index is 0.995. The molecule has 4 heteroatoms. The van der Waals surface area contributed by atoms with Gasteiger partial charge in [0.15, 0.2) is 5.82 Å². The zero-order chi connectivity index (χ0) is 46.2. The van der Waals surface area contributed by atoms with Gasteiger partial charge in [0, 0.05) is 38.7 Å². The zero-order valence-corrected chi connectivity index (χ0v) is 38.0. The van der Waals surface area contributed by atoms with E-state index in [1.165, 1.54) is 50.1 Å². The summed E-state index contributed by atoms with van der Waals surface area (Å²) in [6.07, 6.45) is 0. The van der Waals surface area contributed by atoms with Gasteiger partial charge in [-0.25, -0.2) is 15.0 Å². The van der Waals surface area contributed by atoms with Gasteiger partial charge in [0.05, 0.1) is 39.4 Å². The number of anilines is 3. The van der Waals surface area contributed by atoms with Crippen LogP contribution < -0.4 is 4.90 Å². The molecular formula is C66H42N4. The van der Waals surface area contributed by atoms with E-state index in [0.717, 1.165) is 72.4 Å². The van der Waals surface area contributed by atoms with Crippen molar-refractivity contribution in [1.82, 2.24) is 15.0 Å². The Morgan fingerprint density at radius 1 is 0.300 bits per heavy atom. The SMILES string of the molecule is c1ccc(-c2cc(-c3ccc(-c4ccc5c(c4)-c4cc6c(-c7ccccc7)nc7ccccc7c6cc4C54c5ccccc5N(c5ccccc5)c5ccccc54)cc3)nc(-c3ccccc3)n2)cc1. The second-order valence-corrected chi connectivity index (χ2v) is 18.3. The summed E-state index contributed by atoms with van der Waals surface area (Å²) in [7, 11) is 0. The van der Waals surface area contributed by atoms with E-state index >= 15 is 0 Å². The van der Waals surface area contributed by atoms with Crippen molar-refractivity contribution in [3.63, 3.8) is 0 Å². The Bertz CT molecular complexity index is 3880. The fraction of sp³-hybridized carbons (Fsp3) is 0.0152. The highest BCUT2D eigenvalue weighted by Gasteiger charge is 2.52. The average Bonchev–Trinajstić information content (AvgIpc) is 3.73. The second-order valence-electron chi connectivity index (χ2n) is 18.3. The standard InChI is InChI=1S/C66H42N4/c1-5-19-44(20-6-1)60-42-61(69-65(68-60)47-23-9-3-10-24-47)45-35-33-43(34-36-45)48-37-38-55-52(39-48)53-40-54-51(50-27-13-16-30-59(50)67-64(54)46-21-7-2-8-22-46)41-58(53)66(55)56-28-14-17-31-62(56)70(49-25-11-4-12-26-49)63-32-18-15-29-57(63)66/h1-42H. The summed E-state index contributed by atoms with van der Waals surface area (Å²) < 4.78 is 0. The number of nitrogens with zero attached hydrogens (tertiary/aromatic N) is 4. The van der Waals surface area contributed by atoms with Crippen LogP contribution in [-0.2, 0) is 5.41 Å². The van der Waals surface area contributed by atoms with E-state index in [1.807, 2.05) is 24.3 Å². The van der Waals surface area contributed by atoms with Crippen molar-refractivity contribution in [2.24, 2.45) is 0 Å². The molecule has 4 nitrogen and oxygen atoms in total. The van der Waals surface area contributed by atoms with Crippen LogP contribution in [0.4, 0.5) is 17.1 Å². The largest absolute Gasteiger partial charge is 0.310 e. The lowest BCUT2D eigenvalue weighted by Gasteiger charge is -2.45. The molecule has 3 heterocycles. The maximum atomic E-state index is 5.40. The van der Waals surface area contributed by atoms with E-state index in [2.05, 4.69) is 235 Å². The molecule has 1 aliphatic carbocycles. The van der Waals surface area contributed by atoms with Crippen LogP contribution in [0.3, 0.4) is 0 Å². The van der Waals surface area contributed by atoms with Gasteiger partial charge in [0.25, 0.3) is 0 Å². The number of pyridine rings is 1. The van der Waals surface area contributed by atoms with E-state index in [-0.39, 0.29) is 0 Å². The second kappa shape index (κ2) is 15.9. The smallest absolute Gasteiger partial charge is 0.160 e. The van der Waals surface area contributed by atoms with Gasteiger partial charge in [-0.15, -0.1) is 0 Å². The molecule has 0 N–H and O–H groups in total. The van der Waals surface area contributed by atoms with Crippen LogP contribution >= 0.6 is 0 Å². The van der Waals surface area contributed by atoms with Crippen molar-refractivity contribution in [1.29, 1.82) is 0 Å². The van der Waals surface area contributed by atoms with Gasteiger partial charge in [-0.05, 0) is 104 Å². The molecule has 1 aliphatic heterocycles. The van der Waals surface area contributed by atoms with Gasteiger partial charge in [-0.2, -0.15) is 0 Å². The number of benzene rings is 10. The highest BCUT2D eigenvalue weighted by atomic mass is 15.2. The molecule has 0 radical (unpaired) electrons. The van der Waals surface area contributed by atoms with E-state index in [0.29, 0.717) is 5.82 Å². The summed E-state index contributed by atoms with van der Waals surface area (Å²) in [4.78, 5) is 18.0. The summed E-state index contributed by atoms with van der Waals surface area (Å²) in [6.45, 7) is 0. The normalized spacial score (nSPS) is 12.9. The molecule has 326 valence electrons. The van der Waals surface area contributed by atoms with Crippen LogP contribution in [-0.4, -0.2) is 15.0 Å². The number of hydrogen-bond donors (Lipinski definition) is 0. The average molecular weight is 891 g/mol. The Labute approximate surface area is 406 Å². The van der Waals surface area contributed by atoms with E-state index < -0.39 is 5.41 Å². The molecule has 0 unspecified atom stereocenters. The third-order valence-electron chi connectivity index (χ3n) is 14.5. The predicted molar refractivity (Wildman–Crippen MR) is 288 cm³/mol. The van der Waals surface area contributed by atoms with Gasteiger partial charge in [0.2, 0.25) is 0 Å². The molecule has 0 atom stereocenters. The Kier molecular flexibility index (Phi) is 9.08. The number of fused-ring (bicyclic) bond motifs is 12. The molecule has 0 saturated carbocycles. The summed E-state index contributed by atoms with van der Waals surface area (Å²) in [6, 6.07) is 91.8. The molecule has 0 fully saturated rings. The maximum Gasteiger partial charge on any atom is 0.160 e. The molecule has 2 aliphatic rings. The van der Waals surface area contributed by atoms with Crippen molar-refractivity contribution < 1.29 is 0 Å². The van der Waals surface area contributed by atoms with Crippen molar-refractivity contribution in [2.45, 2.75) is 5.41 Å². The molecule has 14 rings (SSSR count). The minimum absolute atomic E-state index is 0.628. The minimum atomic E-state index is -0.628. The van der Waals surface area contributed by atoms with Gasteiger partial charge in [-0.1, -0.05) is 200 Å². The monoisotopic (exact) mass is 890 g/mol. The Morgan fingerprint density at radius 2 is 0.814 bits per heavy atom. The summed E-state index contributed by atoms with van der Waals surface area (Å²) >= 11 is 0. The van der Waals surface area contributed by atoms with Crippen LogP contribution in [0.15, 0.2) is 255 Å². The van der Waals surface area contributed by atoms with Crippen molar-refractivity contribution in [3.05, 3.63) is 277 Å². The number of aromatic nitrogens is 3. The number of rotatable bonds is 6. The van der Waals surface area contributed by atoms with Gasteiger partial charge in [-0.3, -0.25) is 0 Å². The van der Waals surface area contributed by atoms with Crippen molar-refractivity contribution >= 4 is 38.7 Å². The van der Waals surface area contributed by atoms with Gasteiger partial charge >= 0.3 is 0 Å². The first kappa shape index (κ1) is 39.9. The molecule has 0 bridgehead atoms. The first-order valence-electron chi connectivity index (χ1n) is 23.9. The molecule has 70 heavy (non-hydrogen) atoms. The highest BCUT2D eigenvalue weighted by Crippen LogP contribution is 2.64. The first-order valence-corrected chi connectivity index (χ1v) is 23.9. The molecule has 12 aromatic rings. The lowest BCUT2D eigenvalue weighted by Crippen LogP contribution is -2.36. The quantitative estimate of drug-likeness (QED) is 0.156.